The first-order valence-corrected chi connectivity index (χ1v) is 7.40. The molecule has 1 aliphatic carbocycles. The van der Waals surface area contributed by atoms with Crippen molar-refractivity contribution in [2.75, 3.05) is 0 Å². The van der Waals surface area contributed by atoms with Crippen molar-refractivity contribution in [1.29, 1.82) is 0 Å². The molecular formula is C17H15BrO. The number of hydrogen-bond donors (Lipinski definition) is 0. The number of carbonyl (C=O) groups excluding carboxylic acids is 1. The van der Waals surface area contributed by atoms with Gasteiger partial charge in [-0.3, -0.25) is 4.79 Å². The zero-order valence-electron chi connectivity index (χ0n) is 10.6. The van der Waals surface area contributed by atoms with Crippen LogP contribution >= 0.6 is 15.9 Å². The first kappa shape index (κ1) is 12.6. The van der Waals surface area contributed by atoms with Crippen LogP contribution < -0.4 is 0 Å². The molecule has 0 N–H and O–H groups in total. The minimum Gasteiger partial charge on any atom is -0.294 e. The van der Waals surface area contributed by atoms with Crippen molar-refractivity contribution < 1.29 is 4.79 Å². The molecule has 0 spiro atoms. The lowest BCUT2D eigenvalue weighted by atomic mass is 9.80. The summed E-state index contributed by atoms with van der Waals surface area (Å²) in [7, 11) is 0. The van der Waals surface area contributed by atoms with E-state index in [1.807, 2.05) is 24.3 Å². The van der Waals surface area contributed by atoms with Crippen LogP contribution in [0.2, 0.25) is 0 Å². The predicted molar refractivity (Wildman–Crippen MR) is 80.4 cm³/mol. The Kier molecular flexibility index (Phi) is 3.52. The van der Waals surface area contributed by atoms with Crippen molar-refractivity contribution in [3.63, 3.8) is 0 Å². The maximum absolute atomic E-state index is 12.5. The van der Waals surface area contributed by atoms with E-state index < -0.39 is 0 Å². The number of benzene rings is 2. The molecule has 0 bridgehead atoms. The molecule has 0 aliphatic heterocycles. The SMILES string of the molecule is O=C(c1ccc(Br)cc1)C1CCc2ccccc2C1. The number of Topliss-reactive ketones (excluding diaryl/α,β-unsaturated/α-hetero) is 1. The van der Waals surface area contributed by atoms with E-state index in [2.05, 4.69) is 40.2 Å². The maximum atomic E-state index is 12.5. The molecule has 0 saturated carbocycles. The van der Waals surface area contributed by atoms with Gasteiger partial charge in [0.15, 0.2) is 5.78 Å². The molecule has 3 rings (SSSR count). The lowest BCUT2D eigenvalue weighted by Crippen LogP contribution is -2.22. The van der Waals surface area contributed by atoms with E-state index in [1.54, 1.807) is 0 Å². The van der Waals surface area contributed by atoms with Gasteiger partial charge in [0, 0.05) is 16.0 Å². The summed E-state index contributed by atoms with van der Waals surface area (Å²) >= 11 is 3.40. The highest BCUT2D eigenvalue weighted by Crippen LogP contribution is 2.28. The molecule has 0 saturated heterocycles. The molecule has 0 radical (unpaired) electrons. The van der Waals surface area contributed by atoms with Crippen LogP contribution in [-0.4, -0.2) is 5.78 Å². The van der Waals surface area contributed by atoms with E-state index >= 15 is 0 Å². The van der Waals surface area contributed by atoms with Crippen molar-refractivity contribution in [3.05, 3.63) is 69.7 Å². The zero-order valence-corrected chi connectivity index (χ0v) is 12.2. The minimum absolute atomic E-state index is 0.135. The predicted octanol–water partition coefficient (Wildman–Crippen LogP) is 4.44. The molecule has 0 heterocycles. The molecule has 1 atom stereocenters. The Hall–Kier alpha value is -1.41. The highest BCUT2D eigenvalue weighted by atomic mass is 79.9. The topological polar surface area (TPSA) is 17.1 Å². The summed E-state index contributed by atoms with van der Waals surface area (Å²) < 4.78 is 1.01. The van der Waals surface area contributed by atoms with E-state index in [1.165, 1.54) is 11.1 Å². The number of carbonyl (C=O) groups is 1. The van der Waals surface area contributed by atoms with Gasteiger partial charge < -0.3 is 0 Å². The molecule has 0 fully saturated rings. The summed E-state index contributed by atoms with van der Waals surface area (Å²) in [6.07, 6.45) is 2.86. The summed E-state index contributed by atoms with van der Waals surface area (Å²) in [5.74, 6) is 0.415. The number of halogens is 1. The second-order valence-corrected chi connectivity index (χ2v) is 6.00. The van der Waals surface area contributed by atoms with Gasteiger partial charge in [-0.2, -0.15) is 0 Å². The third kappa shape index (κ3) is 2.64. The Morgan fingerprint density at radius 2 is 1.68 bits per heavy atom. The summed E-state index contributed by atoms with van der Waals surface area (Å²) in [6.45, 7) is 0. The van der Waals surface area contributed by atoms with Crippen molar-refractivity contribution in [3.8, 4) is 0 Å². The summed E-state index contributed by atoms with van der Waals surface area (Å²) in [6, 6.07) is 16.2. The Morgan fingerprint density at radius 1 is 1.00 bits per heavy atom. The van der Waals surface area contributed by atoms with Gasteiger partial charge in [0.2, 0.25) is 0 Å². The third-order valence-electron chi connectivity index (χ3n) is 3.85. The van der Waals surface area contributed by atoms with Gasteiger partial charge in [0.1, 0.15) is 0 Å². The molecule has 1 aliphatic rings. The van der Waals surface area contributed by atoms with Crippen LogP contribution in [0.25, 0.3) is 0 Å². The molecule has 1 nitrogen and oxygen atoms in total. The summed E-state index contributed by atoms with van der Waals surface area (Å²) in [4.78, 5) is 12.5. The fraction of sp³-hybridized carbons (Fsp3) is 0.235. The van der Waals surface area contributed by atoms with Gasteiger partial charge in [0.05, 0.1) is 0 Å². The second-order valence-electron chi connectivity index (χ2n) is 5.08. The number of aryl methyl sites for hydroxylation is 1. The molecule has 0 amide bonds. The summed E-state index contributed by atoms with van der Waals surface area (Å²) in [5.41, 5.74) is 3.57. The highest BCUT2D eigenvalue weighted by Gasteiger charge is 2.25. The Labute approximate surface area is 121 Å². The Balaban J connectivity index is 1.81. The number of ketones is 1. The van der Waals surface area contributed by atoms with Crippen molar-refractivity contribution >= 4 is 21.7 Å². The zero-order chi connectivity index (χ0) is 13.2. The van der Waals surface area contributed by atoms with Crippen LogP contribution in [0.4, 0.5) is 0 Å². The average Bonchev–Trinajstić information content (AvgIpc) is 2.47. The quantitative estimate of drug-likeness (QED) is 0.749. The van der Waals surface area contributed by atoms with Crippen LogP contribution in [0.5, 0.6) is 0 Å². The Bertz CT molecular complexity index is 601. The monoisotopic (exact) mass is 314 g/mol. The average molecular weight is 315 g/mol. The molecule has 2 aromatic rings. The number of hydrogen-bond acceptors (Lipinski definition) is 1. The first-order chi connectivity index (χ1) is 9.24. The van der Waals surface area contributed by atoms with E-state index in [0.29, 0.717) is 0 Å². The number of rotatable bonds is 2. The van der Waals surface area contributed by atoms with Gasteiger partial charge >= 0.3 is 0 Å². The van der Waals surface area contributed by atoms with Gasteiger partial charge in [-0.05, 0) is 42.5 Å². The lowest BCUT2D eigenvalue weighted by Gasteiger charge is -2.23. The largest absolute Gasteiger partial charge is 0.294 e. The third-order valence-corrected chi connectivity index (χ3v) is 4.38. The second kappa shape index (κ2) is 5.30. The van der Waals surface area contributed by atoms with Gasteiger partial charge in [-0.1, -0.05) is 52.3 Å². The van der Waals surface area contributed by atoms with E-state index in [4.69, 9.17) is 0 Å². The number of fused-ring (bicyclic) bond motifs is 1. The van der Waals surface area contributed by atoms with Crippen LogP contribution in [0, 0.1) is 5.92 Å². The molecule has 2 aromatic carbocycles. The van der Waals surface area contributed by atoms with Crippen LogP contribution in [0.3, 0.4) is 0 Å². The van der Waals surface area contributed by atoms with Crippen molar-refractivity contribution in [2.24, 2.45) is 5.92 Å². The standard InChI is InChI=1S/C17H15BrO/c18-16-9-7-13(8-10-16)17(19)15-6-5-12-3-1-2-4-14(12)11-15/h1-4,7-10,15H,5-6,11H2. The lowest BCUT2D eigenvalue weighted by molar-refractivity contribution is 0.0909. The molecule has 1 unspecified atom stereocenters. The minimum atomic E-state index is 0.135. The highest BCUT2D eigenvalue weighted by molar-refractivity contribution is 9.10. The molecule has 19 heavy (non-hydrogen) atoms. The van der Waals surface area contributed by atoms with Crippen LogP contribution in [0.1, 0.15) is 27.9 Å². The molecular weight excluding hydrogens is 300 g/mol. The van der Waals surface area contributed by atoms with Gasteiger partial charge in [-0.25, -0.2) is 0 Å². The Morgan fingerprint density at radius 3 is 2.42 bits per heavy atom. The van der Waals surface area contributed by atoms with Crippen molar-refractivity contribution in [2.45, 2.75) is 19.3 Å². The maximum Gasteiger partial charge on any atom is 0.166 e. The van der Waals surface area contributed by atoms with Crippen molar-refractivity contribution in [1.82, 2.24) is 0 Å². The first-order valence-electron chi connectivity index (χ1n) is 6.60. The van der Waals surface area contributed by atoms with E-state index in [0.717, 1.165) is 29.3 Å². The molecule has 2 heteroatoms. The van der Waals surface area contributed by atoms with Crippen LogP contribution in [0.15, 0.2) is 53.0 Å². The van der Waals surface area contributed by atoms with Crippen LogP contribution in [-0.2, 0) is 12.8 Å². The van der Waals surface area contributed by atoms with E-state index in [9.17, 15) is 4.79 Å². The fourth-order valence-electron chi connectivity index (χ4n) is 2.77. The van der Waals surface area contributed by atoms with Gasteiger partial charge in [0.25, 0.3) is 0 Å². The fourth-order valence-corrected chi connectivity index (χ4v) is 3.04. The summed E-state index contributed by atoms with van der Waals surface area (Å²) in [5, 5.41) is 0. The molecule has 0 aromatic heterocycles. The molecule has 96 valence electrons. The van der Waals surface area contributed by atoms with Gasteiger partial charge in [-0.15, -0.1) is 0 Å². The van der Waals surface area contributed by atoms with E-state index in [-0.39, 0.29) is 11.7 Å². The normalized spacial score (nSPS) is 17.8. The smallest absolute Gasteiger partial charge is 0.166 e.